The van der Waals surface area contributed by atoms with Crippen molar-refractivity contribution in [3.05, 3.63) is 35.4 Å². The fourth-order valence-corrected chi connectivity index (χ4v) is 2.83. The molecule has 2 rings (SSSR count). The summed E-state index contributed by atoms with van der Waals surface area (Å²) in [5.41, 5.74) is 8.88. The molecule has 1 fully saturated rings. The molecular formula is C17H27NO. The lowest BCUT2D eigenvalue weighted by Gasteiger charge is -2.42. The summed E-state index contributed by atoms with van der Waals surface area (Å²) >= 11 is 0. The molecule has 1 saturated carbocycles. The van der Waals surface area contributed by atoms with E-state index in [-0.39, 0.29) is 5.60 Å². The third kappa shape index (κ3) is 3.80. The lowest BCUT2D eigenvalue weighted by molar-refractivity contribution is -0.0904. The maximum atomic E-state index is 6.23. The minimum absolute atomic E-state index is 0.0980. The summed E-state index contributed by atoms with van der Waals surface area (Å²) in [4.78, 5) is 0. The Morgan fingerprint density at radius 3 is 2.42 bits per heavy atom. The van der Waals surface area contributed by atoms with Crippen molar-refractivity contribution >= 4 is 0 Å². The van der Waals surface area contributed by atoms with Crippen LogP contribution in [0.5, 0.6) is 0 Å². The normalized spacial score (nSPS) is 21.3. The van der Waals surface area contributed by atoms with Crippen molar-refractivity contribution in [3.8, 4) is 0 Å². The van der Waals surface area contributed by atoms with Crippen molar-refractivity contribution in [3.63, 3.8) is 0 Å². The number of ether oxygens (including phenoxy) is 1. The maximum Gasteiger partial charge on any atom is 0.0809 e. The van der Waals surface area contributed by atoms with Crippen LogP contribution in [0.4, 0.5) is 0 Å². The predicted molar refractivity (Wildman–Crippen MR) is 80.0 cm³/mol. The van der Waals surface area contributed by atoms with E-state index in [0.717, 1.165) is 12.8 Å². The van der Waals surface area contributed by atoms with Crippen molar-refractivity contribution in [2.75, 3.05) is 6.54 Å². The Hall–Kier alpha value is -0.860. The van der Waals surface area contributed by atoms with Gasteiger partial charge in [-0.2, -0.15) is 0 Å². The molecule has 0 aromatic heterocycles. The highest BCUT2D eigenvalue weighted by molar-refractivity contribution is 5.21. The topological polar surface area (TPSA) is 35.2 Å². The van der Waals surface area contributed by atoms with Gasteiger partial charge in [0.15, 0.2) is 0 Å². The number of rotatable bonds is 4. The molecule has 1 aromatic rings. The number of hydrogen-bond acceptors (Lipinski definition) is 2. The van der Waals surface area contributed by atoms with Gasteiger partial charge >= 0.3 is 0 Å². The second kappa shape index (κ2) is 5.64. The summed E-state index contributed by atoms with van der Waals surface area (Å²) in [5, 5.41) is 0. The van der Waals surface area contributed by atoms with E-state index in [9.17, 15) is 0 Å². The summed E-state index contributed by atoms with van der Waals surface area (Å²) in [6.45, 7) is 8.11. The van der Waals surface area contributed by atoms with E-state index in [1.165, 1.54) is 24.0 Å². The second-order valence-corrected chi connectivity index (χ2v) is 6.83. The summed E-state index contributed by atoms with van der Waals surface area (Å²) in [6.07, 6.45) is 4.58. The zero-order chi connectivity index (χ0) is 13.9. The molecule has 0 spiro atoms. The van der Waals surface area contributed by atoms with Crippen molar-refractivity contribution in [2.45, 2.75) is 58.7 Å². The Morgan fingerprint density at radius 2 is 1.84 bits per heavy atom. The Balaban J connectivity index is 1.96. The molecule has 1 aliphatic carbocycles. The van der Waals surface area contributed by atoms with Gasteiger partial charge in [-0.1, -0.05) is 43.7 Å². The van der Waals surface area contributed by atoms with E-state index in [1.54, 1.807) is 0 Å². The van der Waals surface area contributed by atoms with Crippen LogP contribution in [0, 0.1) is 12.3 Å². The molecule has 2 heteroatoms. The maximum absolute atomic E-state index is 6.23. The molecule has 0 bridgehead atoms. The van der Waals surface area contributed by atoms with Gasteiger partial charge in [0.05, 0.1) is 12.2 Å². The van der Waals surface area contributed by atoms with Gasteiger partial charge < -0.3 is 10.5 Å². The zero-order valence-electron chi connectivity index (χ0n) is 12.5. The molecular weight excluding hydrogens is 234 g/mol. The largest absolute Gasteiger partial charge is 0.369 e. The molecule has 2 nitrogen and oxygen atoms in total. The van der Waals surface area contributed by atoms with Gasteiger partial charge in [-0.05, 0) is 43.6 Å². The fraction of sp³-hybridized carbons (Fsp3) is 0.647. The Kier molecular flexibility index (Phi) is 4.32. The average molecular weight is 261 g/mol. The first kappa shape index (κ1) is 14.5. The van der Waals surface area contributed by atoms with Crippen molar-refractivity contribution < 1.29 is 4.74 Å². The minimum atomic E-state index is -0.0980. The molecule has 0 aliphatic heterocycles. The quantitative estimate of drug-likeness (QED) is 0.894. The lowest BCUT2D eigenvalue weighted by atomic mass is 9.71. The Morgan fingerprint density at radius 1 is 1.16 bits per heavy atom. The minimum Gasteiger partial charge on any atom is -0.369 e. The van der Waals surface area contributed by atoms with E-state index in [2.05, 4.69) is 45.0 Å². The predicted octanol–water partition coefficient (Wildman–Crippen LogP) is 3.81. The Bertz CT molecular complexity index is 415. The number of aryl methyl sites for hydroxylation is 1. The SMILES string of the molecule is Cc1cccc(COC2(CN)CCC(C)(C)CC2)c1. The van der Waals surface area contributed by atoms with Gasteiger partial charge in [-0.25, -0.2) is 0 Å². The van der Waals surface area contributed by atoms with E-state index in [4.69, 9.17) is 10.5 Å². The van der Waals surface area contributed by atoms with Gasteiger partial charge in [0.25, 0.3) is 0 Å². The molecule has 0 radical (unpaired) electrons. The van der Waals surface area contributed by atoms with Gasteiger partial charge in [0.1, 0.15) is 0 Å². The smallest absolute Gasteiger partial charge is 0.0809 e. The van der Waals surface area contributed by atoms with Crippen LogP contribution in [0.25, 0.3) is 0 Å². The van der Waals surface area contributed by atoms with E-state index < -0.39 is 0 Å². The first-order chi connectivity index (χ1) is 8.95. The van der Waals surface area contributed by atoms with Crippen LogP contribution in [0.3, 0.4) is 0 Å². The molecule has 0 heterocycles. The van der Waals surface area contributed by atoms with Crippen molar-refractivity contribution in [2.24, 2.45) is 11.1 Å². The van der Waals surface area contributed by atoms with Crippen LogP contribution in [-0.2, 0) is 11.3 Å². The van der Waals surface area contributed by atoms with Gasteiger partial charge in [0, 0.05) is 6.54 Å². The first-order valence-corrected chi connectivity index (χ1v) is 7.34. The highest BCUT2D eigenvalue weighted by Gasteiger charge is 2.38. The van der Waals surface area contributed by atoms with Crippen molar-refractivity contribution in [1.29, 1.82) is 0 Å². The number of benzene rings is 1. The monoisotopic (exact) mass is 261 g/mol. The summed E-state index contributed by atoms with van der Waals surface area (Å²) in [7, 11) is 0. The standard InChI is InChI=1S/C17H27NO/c1-14-5-4-6-15(11-14)12-19-17(13-18)9-7-16(2,3)8-10-17/h4-6,11H,7-10,12-13,18H2,1-3H3. The van der Waals surface area contributed by atoms with Crippen LogP contribution in [0.15, 0.2) is 24.3 Å². The lowest BCUT2D eigenvalue weighted by Crippen LogP contribution is -2.45. The molecule has 1 aliphatic rings. The summed E-state index contributed by atoms with van der Waals surface area (Å²) < 4.78 is 6.23. The molecule has 0 unspecified atom stereocenters. The van der Waals surface area contributed by atoms with E-state index in [0.29, 0.717) is 18.6 Å². The van der Waals surface area contributed by atoms with Crippen molar-refractivity contribution in [1.82, 2.24) is 0 Å². The van der Waals surface area contributed by atoms with Crippen LogP contribution in [0.2, 0.25) is 0 Å². The average Bonchev–Trinajstić information content (AvgIpc) is 2.39. The number of nitrogens with two attached hydrogens (primary N) is 1. The fourth-order valence-electron chi connectivity index (χ4n) is 2.83. The molecule has 106 valence electrons. The highest BCUT2D eigenvalue weighted by Crippen LogP contribution is 2.41. The summed E-state index contributed by atoms with van der Waals surface area (Å²) in [5.74, 6) is 0. The molecule has 0 atom stereocenters. The molecule has 19 heavy (non-hydrogen) atoms. The van der Waals surface area contributed by atoms with E-state index >= 15 is 0 Å². The van der Waals surface area contributed by atoms with Crippen LogP contribution in [0.1, 0.15) is 50.7 Å². The molecule has 0 saturated heterocycles. The number of hydrogen-bond donors (Lipinski definition) is 1. The second-order valence-electron chi connectivity index (χ2n) is 6.83. The van der Waals surface area contributed by atoms with Gasteiger partial charge in [-0.3, -0.25) is 0 Å². The first-order valence-electron chi connectivity index (χ1n) is 7.34. The molecule has 1 aromatic carbocycles. The van der Waals surface area contributed by atoms with E-state index in [1.807, 2.05) is 0 Å². The molecule has 2 N–H and O–H groups in total. The third-order valence-electron chi connectivity index (χ3n) is 4.51. The van der Waals surface area contributed by atoms with Gasteiger partial charge in [-0.15, -0.1) is 0 Å². The van der Waals surface area contributed by atoms with Crippen LogP contribution < -0.4 is 5.73 Å². The van der Waals surface area contributed by atoms with Gasteiger partial charge in [0.2, 0.25) is 0 Å². The Labute approximate surface area is 117 Å². The third-order valence-corrected chi connectivity index (χ3v) is 4.51. The van der Waals surface area contributed by atoms with Crippen LogP contribution >= 0.6 is 0 Å². The summed E-state index contributed by atoms with van der Waals surface area (Å²) in [6, 6.07) is 8.53. The van der Waals surface area contributed by atoms with Crippen LogP contribution in [-0.4, -0.2) is 12.1 Å². The zero-order valence-corrected chi connectivity index (χ0v) is 12.5. The highest BCUT2D eigenvalue weighted by atomic mass is 16.5. The molecule has 0 amide bonds.